The summed E-state index contributed by atoms with van der Waals surface area (Å²) in [6.07, 6.45) is 0.530. The lowest BCUT2D eigenvalue weighted by Crippen LogP contribution is -2.39. The zero-order valence-corrected chi connectivity index (χ0v) is 26.3. The average molecular weight is 600 g/mol. The molecule has 0 spiro atoms. The minimum atomic E-state index is -2.88. The fraction of sp³-hybridized carbons (Fsp3) is 0.484. The Morgan fingerprint density at radius 3 is 2.54 bits per heavy atom. The Kier molecular flexibility index (Phi) is 9.77. The Labute approximate surface area is 247 Å². The average Bonchev–Trinajstić information content (AvgIpc) is 3.40. The molecule has 0 atom stereocenters. The Hall–Kier alpha value is -2.95. The van der Waals surface area contributed by atoms with E-state index in [1.807, 2.05) is 24.4 Å². The van der Waals surface area contributed by atoms with Gasteiger partial charge in [-0.1, -0.05) is 29.8 Å². The third-order valence-corrected chi connectivity index (χ3v) is 10.3. The van der Waals surface area contributed by atoms with Crippen LogP contribution in [-0.4, -0.2) is 67.1 Å². The largest absolute Gasteiger partial charge is 0.488 e. The number of hydrogen-bond acceptors (Lipinski definition) is 8. The number of rotatable bonds is 12. The summed E-state index contributed by atoms with van der Waals surface area (Å²) in [4.78, 5) is 20.8. The van der Waals surface area contributed by atoms with Gasteiger partial charge in [0.25, 0.3) is 0 Å². The van der Waals surface area contributed by atoms with Gasteiger partial charge in [-0.2, -0.15) is 0 Å². The monoisotopic (exact) mass is 599 g/mol. The number of aromatic nitrogens is 1. The van der Waals surface area contributed by atoms with Gasteiger partial charge in [-0.15, -0.1) is 11.3 Å². The van der Waals surface area contributed by atoms with Gasteiger partial charge in [-0.25, -0.2) is 13.4 Å². The van der Waals surface area contributed by atoms with E-state index in [1.54, 1.807) is 25.2 Å². The third kappa shape index (κ3) is 8.08. The minimum absolute atomic E-state index is 0.233. The van der Waals surface area contributed by atoms with E-state index in [2.05, 4.69) is 47.9 Å². The Balaban J connectivity index is 1.44. The van der Waals surface area contributed by atoms with Gasteiger partial charge in [0.15, 0.2) is 15.0 Å². The van der Waals surface area contributed by atoms with Crippen molar-refractivity contribution in [1.82, 2.24) is 9.88 Å². The van der Waals surface area contributed by atoms with Crippen LogP contribution >= 0.6 is 11.3 Å². The number of carboxylic acid groups (broad SMARTS) is 1. The van der Waals surface area contributed by atoms with Crippen LogP contribution in [0.2, 0.25) is 0 Å². The lowest BCUT2D eigenvalue weighted by atomic mass is 9.89. The molecule has 0 radical (unpaired) electrons. The Morgan fingerprint density at radius 2 is 1.88 bits per heavy atom. The molecular formula is C31H41N3O5S2. The molecule has 0 saturated carbocycles. The van der Waals surface area contributed by atoms with E-state index in [-0.39, 0.29) is 11.5 Å². The second-order valence-electron chi connectivity index (χ2n) is 11.5. The smallest absolute Gasteiger partial charge is 0.309 e. The maximum absolute atomic E-state index is 11.7. The van der Waals surface area contributed by atoms with Crippen molar-refractivity contribution < 1.29 is 23.1 Å². The second kappa shape index (κ2) is 12.9. The van der Waals surface area contributed by atoms with Crippen molar-refractivity contribution in [3.05, 3.63) is 64.0 Å². The number of hydrogen-bond donors (Lipinski definition) is 1. The maximum Gasteiger partial charge on any atom is 0.309 e. The summed E-state index contributed by atoms with van der Waals surface area (Å²) in [5.74, 6) is 0.438. The molecule has 3 aromatic rings. The summed E-state index contributed by atoms with van der Waals surface area (Å²) in [6.45, 7) is 13.4. The first-order valence-corrected chi connectivity index (χ1v) is 16.8. The third-order valence-electron chi connectivity index (χ3n) is 7.77. The highest BCUT2D eigenvalue weighted by molar-refractivity contribution is 7.91. The van der Waals surface area contributed by atoms with Crippen molar-refractivity contribution in [3.63, 3.8) is 0 Å². The highest BCUT2D eigenvalue weighted by Crippen LogP contribution is 2.35. The number of thiazole rings is 1. The van der Waals surface area contributed by atoms with Crippen LogP contribution in [0.4, 0.5) is 5.13 Å². The van der Waals surface area contributed by atoms with Crippen LogP contribution in [0.3, 0.4) is 0 Å². The molecule has 0 bridgehead atoms. The van der Waals surface area contributed by atoms with Crippen LogP contribution < -0.4 is 9.64 Å². The summed E-state index contributed by atoms with van der Waals surface area (Å²) < 4.78 is 29.8. The molecule has 1 aliphatic rings. The van der Waals surface area contributed by atoms with Crippen LogP contribution in [0.15, 0.2) is 41.8 Å². The molecular weight excluding hydrogens is 558 g/mol. The minimum Gasteiger partial charge on any atom is -0.488 e. The number of nitrogens with zero attached hydrogens (tertiary/aromatic N) is 3. The van der Waals surface area contributed by atoms with Crippen LogP contribution in [-0.2, 0) is 27.8 Å². The first kappa shape index (κ1) is 31.0. The van der Waals surface area contributed by atoms with Crippen LogP contribution in [0.1, 0.15) is 49.4 Å². The summed E-state index contributed by atoms with van der Waals surface area (Å²) >= 11 is 1.56. The molecule has 0 aliphatic carbocycles. The predicted octanol–water partition coefficient (Wildman–Crippen LogP) is 5.56. The van der Waals surface area contributed by atoms with Gasteiger partial charge < -0.3 is 14.7 Å². The first-order chi connectivity index (χ1) is 19.4. The maximum atomic E-state index is 11.7. The quantitative estimate of drug-likeness (QED) is 0.289. The highest BCUT2D eigenvalue weighted by atomic mass is 32.2. The molecule has 41 heavy (non-hydrogen) atoms. The molecule has 10 heteroatoms. The van der Waals surface area contributed by atoms with E-state index in [1.165, 1.54) is 5.56 Å². The zero-order chi connectivity index (χ0) is 29.8. The zero-order valence-electron chi connectivity index (χ0n) is 24.6. The number of carbonyl (C=O) groups is 1. The lowest BCUT2D eigenvalue weighted by Gasteiger charge is -2.26. The van der Waals surface area contributed by atoms with Crippen molar-refractivity contribution in [2.45, 2.75) is 54.2 Å². The normalized spacial score (nSPS) is 15.5. The molecule has 0 unspecified atom stereocenters. The molecule has 1 aliphatic heterocycles. The van der Waals surface area contributed by atoms with Gasteiger partial charge in [0.1, 0.15) is 12.4 Å². The lowest BCUT2D eigenvalue weighted by molar-refractivity contribution is -0.147. The van der Waals surface area contributed by atoms with Crippen LogP contribution in [0.25, 0.3) is 11.3 Å². The van der Waals surface area contributed by atoms with E-state index >= 15 is 0 Å². The summed E-state index contributed by atoms with van der Waals surface area (Å²) in [6, 6.07) is 12.5. The van der Waals surface area contributed by atoms with Gasteiger partial charge in [-0.05, 0) is 69.9 Å². The number of ether oxygens (including phenoxy) is 1. The van der Waals surface area contributed by atoms with Crippen LogP contribution in [0.5, 0.6) is 5.75 Å². The number of aryl methyl sites for hydroxylation is 2. The fourth-order valence-corrected chi connectivity index (χ4v) is 6.95. The summed E-state index contributed by atoms with van der Waals surface area (Å²) in [5, 5.41) is 12.4. The highest BCUT2D eigenvalue weighted by Gasteiger charge is 2.28. The van der Waals surface area contributed by atoms with Crippen molar-refractivity contribution in [2.24, 2.45) is 5.41 Å². The fourth-order valence-electron chi connectivity index (χ4n) is 4.75. The molecule has 2 aromatic carbocycles. The molecule has 8 nitrogen and oxygen atoms in total. The Bertz CT molecular complexity index is 1470. The topological polar surface area (TPSA) is 100 Å². The van der Waals surface area contributed by atoms with E-state index in [0.717, 1.165) is 51.9 Å². The van der Waals surface area contributed by atoms with E-state index in [0.29, 0.717) is 32.7 Å². The van der Waals surface area contributed by atoms with Gasteiger partial charge in [-0.3, -0.25) is 9.69 Å². The molecule has 1 N–H and O–H groups in total. The summed E-state index contributed by atoms with van der Waals surface area (Å²) in [7, 11) is -2.88. The molecule has 1 aromatic heterocycles. The number of anilines is 1. The molecule has 1 fully saturated rings. The van der Waals surface area contributed by atoms with Crippen molar-refractivity contribution in [1.29, 1.82) is 0 Å². The molecule has 2 heterocycles. The van der Waals surface area contributed by atoms with Crippen molar-refractivity contribution in [3.8, 4) is 17.0 Å². The number of sulfone groups is 1. The van der Waals surface area contributed by atoms with Gasteiger partial charge in [0.2, 0.25) is 0 Å². The number of carboxylic acids is 1. The molecule has 4 rings (SSSR count). The van der Waals surface area contributed by atoms with E-state index in [4.69, 9.17) is 9.72 Å². The van der Waals surface area contributed by atoms with E-state index in [9.17, 15) is 18.3 Å². The first-order valence-electron chi connectivity index (χ1n) is 14.1. The summed E-state index contributed by atoms with van der Waals surface area (Å²) in [5.41, 5.74) is 5.50. The molecule has 1 saturated heterocycles. The van der Waals surface area contributed by atoms with Crippen LogP contribution in [0, 0.1) is 19.3 Å². The van der Waals surface area contributed by atoms with Crippen molar-refractivity contribution in [2.75, 3.05) is 42.6 Å². The van der Waals surface area contributed by atoms with Gasteiger partial charge in [0, 0.05) is 43.7 Å². The van der Waals surface area contributed by atoms with Gasteiger partial charge >= 0.3 is 5.97 Å². The number of benzene rings is 2. The second-order valence-corrected chi connectivity index (χ2v) is 14.7. The standard InChI is InChI=1S/C31H41N3O5S2/c1-6-34(12-11-31(4,5)29(35)36)30-32-27(21-40-30)26-17-22(2)7-10-28(26)39-20-25-9-8-24(18-23(25)3)19-33-13-15-41(37,38)16-14-33/h7-10,17-18,21H,6,11-16,19-20H2,1-5H3,(H,35,36). The Morgan fingerprint density at radius 1 is 1.15 bits per heavy atom. The molecule has 0 amide bonds. The van der Waals surface area contributed by atoms with E-state index < -0.39 is 21.2 Å². The SMILES string of the molecule is CCN(CCC(C)(C)C(=O)O)c1nc(-c2cc(C)ccc2OCc2ccc(CN3CCS(=O)(=O)CC3)cc2C)cs1. The van der Waals surface area contributed by atoms with Crippen molar-refractivity contribution >= 4 is 32.3 Å². The number of aliphatic carboxylic acids is 1. The predicted molar refractivity (Wildman–Crippen MR) is 166 cm³/mol. The molecule has 222 valence electrons. The van der Waals surface area contributed by atoms with Gasteiger partial charge in [0.05, 0.1) is 22.6 Å².